The van der Waals surface area contributed by atoms with Gasteiger partial charge < -0.3 is 14.9 Å². The van der Waals surface area contributed by atoms with E-state index in [-0.39, 0.29) is 11.9 Å². The summed E-state index contributed by atoms with van der Waals surface area (Å²) in [5.41, 5.74) is 2.29. The van der Waals surface area contributed by atoms with Gasteiger partial charge in [0, 0.05) is 25.3 Å². The Morgan fingerprint density at radius 3 is 2.57 bits per heavy atom. The van der Waals surface area contributed by atoms with Crippen molar-refractivity contribution < 1.29 is 14.7 Å². The maximum absolute atomic E-state index is 12.5. The van der Waals surface area contributed by atoms with Gasteiger partial charge >= 0.3 is 5.97 Å². The quantitative estimate of drug-likeness (QED) is 0.901. The van der Waals surface area contributed by atoms with Crippen molar-refractivity contribution >= 4 is 17.6 Å². The number of rotatable bonds is 5. The molecule has 1 heterocycles. The fourth-order valence-electron chi connectivity index (χ4n) is 2.90. The number of anilines is 1. The number of carbonyl (C=O) groups is 2. The van der Waals surface area contributed by atoms with Crippen molar-refractivity contribution in [3.8, 4) is 0 Å². The van der Waals surface area contributed by atoms with Crippen LogP contribution in [0, 0.1) is 0 Å². The minimum Gasteiger partial charge on any atom is -0.478 e. The first-order valence-corrected chi connectivity index (χ1v) is 7.41. The Bertz CT molecular complexity index is 552. The predicted octanol–water partition coefficient (Wildman–Crippen LogP) is 2.00. The molecule has 0 saturated carbocycles. The average molecular weight is 290 g/mol. The Balaban J connectivity index is 2.22. The molecule has 0 radical (unpaired) electrons. The van der Waals surface area contributed by atoms with Crippen LogP contribution in [0.1, 0.15) is 36.7 Å². The van der Waals surface area contributed by atoms with E-state index in [0.717, 1.165) is 24.2 Å². The molecule has 2 rings (SSSR count). The van der Waals surface area contributed by atoms with Crippen LogP contribution in [0.3, 0.4) is 0 Å². The number of hydrogen-bond donors (Lipinski definition) is 1. The molecule has 1 unspecified atom stereocenters. The average Bonchev–Trinajstić information content (AvgIpc) is 2.90. The molecule has 0 aliphatic carbocycles. The molecule has 0 spiro atoms. The Morgan fingerprint density at radius 1 is 1.33 bits per heavy atom. The number of fused-ring (bicyclic) bond motifs is 1. The maximum Gasteiger partial charge on any atom is 0.335 e. The molecule has 0 bridgehead atoms. The second-order valence-corrected chi connectivity index (χ2v) is 5.28. The molecule has 1 atom stereocenters. The van der Waals surface area contributed by atoms with Gasteiger partial charge in [-0.2, -0.15) is 0 Å². The summed E-state index contributed by atoms with van der Waals surface area (Å²) in [4.78, 5) is 27.4. The van der Waals surface area contributed by atoms with Crippen molar-refractivity contribution in [2.75, 3.05) is 24.5 Å². The molecule has 21 heavy (non-hydrogen) atoms. The standard InChI is InChI=1S/C16H22N2O3/c1-4-17(5-2)15(19)11(3)18-9-8-12-10-13(16(20)21)6-7-14(12)18/h6-7,10-11H,4-5,8-9H2,1-3H3,(H,20,21). The van der Waals surface area contributed by atoms with Crippen LogP contribution in [0.25, 0.3) is 0 Å². The summed E-state index contributed by atoms with van der Waals surface area (Å²) in [6, 6.07) is 4.92. The zero-order chi connectivity index (χ0) is 15.6. The fraction of sp³-hybridized carbons (Fsp3) is 0.500. The molecule has 5 heteroatoms. The number of amides is 1. The lowest BCUT2D eigenvalue weighted by molar-refractivity contribution is -0.131. The highest BCUT2D eigenvalue weighted by atomic mass is 16.4. The molecule has 0 aromatic heterocycles. The lowest BCUT2D eigenvalue weighted by Gasteiger charge is -2.30. The number of benzene rings is 1. The normalized spacial score (nSPS) is 14.7. The lowest BCUT2D eigenvalue weighted by atomic mass is 10.1. The summed E-state index contributed by atoms with van der Waals surface area (Å²) in [6.45, 7) is 8.04. The second-order valence-electron chi connectivity index (χ2n) is 5.28. The van der Waals surface area contributed by atoms with Crippen molar-refractivity contribution in [1.29, 1.82) is 0 Å². The van der Waals surface area contributed by atoms with Crippen molar-refractivity contribution in [1.82, 2.24) is 4.90 Å². The summed E-state index contributed by atoms with van der Waals surface area (Å²) < 4.78 is 0. The lowest BCUT2D eigenvalue weighted by Crippen LogP contribution is -2.46. The smallest absolute Gasteiger partial charge is 0.335 e. The van der Waals surface area contributed by atoms with Crippen molar-refractivity contribution in [2.45, 2.75) is 33.2 Å². The molecule has 1 aromatic carbocycles. The minimum atomic E-state index is -0.913. The van der Waals surface area contributed by atoms with E-state index in [2.05, 4.69) is 4.90 Å². The Morgan fingerprint density at radius 2 is 2.00 bits per heavy atom. The van der Waals surface area contributed by atoms with E-state index in [9.17, 15) is 9.59 Å². The molecule has 114 valence electrons. The number of likely N-dealkylation sites (N-methyl/N-ethyl adjacent to an activating group) is 1. The van der Waals surface area contributed by atoms with Crippen molar-refractivity contribution in [3.63, 3.8) is 0 Å². The number of aromatic carboxylic acids is 1. The van der Waals surface area contributed by atoms with Gasteiger partial charge in [0.25, 0.3) is 0 Å². The van der Waals surface area contributed by atoms with Crippen LogP contribution in [0.2, 0.25) is 0 Å². The van der Waals surface area contributed by atoms with E-state index in [4.69, 9.17) is 5.11 Å². The van der Waals surface area contributed by atoms with E-state index >= 15 is 0 Å². The van der Waals surface area contributed by atoms with Crippen LogP contribution in [0.5, 0.6) is 0 Å². The van der Waals surface area contributed by atoms with Gasteiger partial charge in [-0.05, 0) is 51.0 Å². The number of carboxylic acids is 1. The molecule has 1 aliphatic heterocycles. The zero-order valence-electron chi connectivity index (χ0n) is 12.8. The van der Waals surface area contributed by atoms with Gasteiger partial charge in [0.15, 0.2) is 0 Å². The molecule has 1 N–H and O–H groups in total. The van der Waals surface area contributed by atoms with Crippen LogP contribution < -0.4 is 4.90 Å². The Kier molecular flexibility index (Phi) is 4.50. The molecular weight excluding hydrogens is 268 g/mol. The van der Waals surface area contributed by atoms with Crippen LogP contribution >= 0.6 is 0 Å². The fourth-order valence-corrected chi connectivity index (χ4v) is 2.90. The predicted molar refractivity (Wildman–Crippen MR) is 81.8 cm³/mol. The van der Waals surface area contributed by atoms with Crippen molar-refractivity contribution in [3.05, 3.63) is 29.3 Å². The van der Waals surface area contributed by atoms with Gasteiger partial charge in [0.1, 0.15) is 6.04 Å². The van der Waals surface area contributed by atoms with Gasteiger partial charge in [-0.25, -0.2) is 4.79 Å². The van der Waals surface area contributed by atoms with Crippen LogP contribution in [-0.2, 0) is 11.2 Å². The number of hydrogen-bond acceptors (Lipinski definition) is 3. The van der Waals surface area contributed by atoms with Gasteiger partial charge in [-0.15, -0.1) is 0 Å². The van der Waals surface area contributed by atoms with Crippen LogP contribution in [-0.4, -0.2) is 47.6 Å². The van der Waals surface area contributed by atoms with Gasteiger partial charge in [0.2, 0.25) is 5.91 Å². The highest BCUT2D eigenvalue weighted by Gasteiger charge is 2.30. The molecule has 0 fully saturated rings. The highest BCUT2D eigenvalue weighted by Crippen LogP contribution is 2.31. The summed E-state index contributed by atoms with van der Waals surface area (Å²) in [7, 11) is 0. The molecule has 1 aromatic rings. The third-order valence-electron chi connectivity index (χ3n) is 4.16. The van der Waals surface area contributed by atoms with Gasteiger partial charge in [0.05, 0.1) is 5.56 Å². The third-order valence-corrected chi connectivity index (χ3v) is 4.16. The molecule has 0 saturated heterocycles. The Hall–Kier alpha value is -2.04. The summed E-state index contributed by atoms with van der Waals surface area (Å²) in [5.74, 6) is -0.793. The first-order valence-electron chi connectivity index (χ1n) is 7.41. The van der Waals surface area contributed by atoms with E-state index in [0.29, 0.717) is 18.7 Å². The highest BCUT2D eigenvalue weighted by molar-refractivity contribution is 5.90. The van der Waals surface area contributed by atoms with E-state index < -0.39 is 5.97 Å². The number of carbonyl (C=O) groups excluding carboxylic acids is 1. The summed E-state index contributed by atoms with van der Waals surface area (Å²) in [6.07, 6.45) is 0.784. The number of carboxylic acid groups (broad SMARTS) is 1. The number of nitrogens with zero attached hydrogens (tertiary/aromatic N) is 2. The third kappa shape index (κ3) is 2.86. The van der Waals surface area contributed by atoms with Crippen LogP contribution in [0.4, 0.5) is 5.69 Å². The molecule has 1 aliphatic rings. The van der Waals surface area contributed by atoms with Gasteiger partial charge in [-0.1, -0.05) is 0 Å². The first-order chi connectivity index (χ1) is 9.99. The van der Waals surface area contributed by atoms with E-state index in [1.165, 1.54) is 0 Å². The van der Waals surface area contributed by atoms with Gasteiger partial charge in [-0.3, -0.25) is 4.79 Å². The monoisotopic (exact) mass is 290 g/mol. The van der Waals surface area contributed by atoms with Crippen LogP contribution in [0.15, 0.2) is 18.2 Å². The van der Waals surface area contributed by atoms with Crippen molar-refractivity contribution in [2.24, 2.45) is 0 Å². The second kappa shape index (κ2) is 6.16. The summed E-state index contributed by atoms with van der Waals surface area (Å²) >= 11 is 0. The zero-order valence-corrected chi connectivity index (χ0v) is 12.8. The largest absolute Gasteiger partial charge is 0.478 e. The van der Waals surface area contributed by atoms with E-state index in [1.807, 2.05) is 31.7 Å². The maximum atomic E-state index is 12.5. The first kappa shape index (κ1) is 15.4. The molecular formula is C16H22N2O3. The summed E-state index contributed by atoms with van der Waals surface area (Å²) in [5, 5.41) is 9.04. The molecule has 5 nitrogen and oxygen atoms in total. The Labute approximate surface area is 125 Å². The molecule has 1 amide bonds. The SMILES string of the molecule is CCN(CC)C(=O)C(C)N1CCc2cc(C(=O)O)ccc21. The topological polar surface area (TPSA) is 60.9 Å². The minimum absolute atomic E-state index is 0.121. The van der Waals surface area contributed by atoms with E-state index in [1.54, 1.807) is 12.1 Å².